The smallest absolute Gasteiger partial charge is 0.238 e. The van der Waals surface area contributed by atoms with E-state index >= 15 is 0 Å². The van der Waals surface area contributed by atoms with Crippen LogP contribution in [0.3, 0.4) is 0 Å². The fourth-order valence-corrected chi connectivity index (χ4v) is 2.25. The molecular weight excluding hydrogens is 296 g/mol. The first kappa shape index (κ1) is 16.6. The quantitative estimate of drug-likeness (QED) is 0.610. The highest BCUT2D eigenvalue weighted by Gasteiger charge is 2.08. The largest absolute Gasteiger partial charge is 0.508 e. The van der Waals surface area contributed by atoms with Crippen molar-refractivity contribution >= 4 is 5.91 Å². The molecule has 0 bridgehead atoms. The Morgan fingerprint density at radius 3 is 2.70 bits per heavy atom. The molecule has 0 atom stereocenters. The molecule has 0 saturated heterocycles. The maximum absolute atomic E-state index is 11.9. The molecule has 0 saturated carbocycles. The lowest BCUT2D eigenvalue weighted by atomic mass is 10.1. The maximum atomic E-state index is 11.9. The Balaban J connectivity index is 1.88. The maximum Gasteiger partial charge on any atom is 0.238 e. The van der Waals surface area contributed by atoms with E-state index in [0.29, 0.717) is 11.3 Å². The van der Waals surface area contributed by atoms with Crippen LogP contribution in [-0.4, -0.2) is 23.2 Å². The van der Waals surface area contributed by atoms with Crippen LogP contribution in [0, 0.1) is 6.92 Å². The van der Waals surface area contributed by atoms with Gasteiger partial charge in [0, 0.05) is 18.2 Å². The lowest BCUT2D eigenvalue weighted by Gasteiger charge is -2.12. The minimum Gasteiger partial charge on any atom is -0.508 e. The van der Waals surface area contributed by atoms with Gasteiger partial charge in [-0.05, 0) is 36.2 Å². The predicted molar refractivity (Wildman–Crippen MR) is 86.2 cm³/mol. The fourth-order valence-electron chi connectivity index (χ4n) is 2.25. The van der Waals surface area contributed by atoms with Gasteiger partial charge < -0.3 is 14.9 Å². The molecule has 0 unspecified atom stereocenters. The van der Waals surface area contributed by atoms with Gasteiger partial charge in [-0.15, -0.1) is 0 Å². The first-order valence-corrected chi connectivity index (χ1v) is 7.15. The highest BCUT2D eigenvalue weighted by molar-refractivity contribution is 5.78. The van der Waals surface area contributed by atoms with Gasteiger partial charge in [0.15, 0.2) is 0 Å². The fraction of sp³-hybridized carbons (Fsp3) is 0.235. The Morgan fingerprint density at radius 1 is 1.22 bits per heavy atom. The molecule has 0 aromatic heterocycles. The van der Waals surface area contributed by atoms with Crippen LogP contribution in [0.25, 0.3) is 0 Å². The van der Waals surface area contributed by atoms with Gasteiger partial charge in [-0.1, -0.05) is 12.1 Å². The molecule has 6 nitrogen and oxygen atoms in total. The normalized spacial score (nSPS) is 10.3. The Bertz CT molecular complexity index is 678. The second-order valence-electron chi connectivity index (χ2n) is 5.19. The first-order chi connectivity index (χ1) is 11.0. The molecule has 0 fully saturated rings. The lowest BCUT2D eigenvalue weighted by molar-refractivity contribution is -0.121. The van der Waals surface area contributed by atoms with Gasteiger partial charge in [0.2, 0.25) is 5.91 Å². The first-order valence-electron chi connectivity index (χ1n) is 7.15. The van der Waals surface area contributed by atoms with E-state index in [1.165, 1.54) is 6.07 Å². The van der Waals surface area contributed by atoms with E-state index in [1.807, 2.05) is 18.2 Å². The van der Waals surface area contributed by atoms with Crippen LogP contribution in [0.4, 0.5) is 0 Å². The molecule has 0 spiro atoms. The average molecular weight is 316 g/mol. The summed E-state index contributed by atoms with van der Waals surface area (Å²) in [5.41, 5.74) is 7.55. The summed E-state index contributed by atoms with van der Waals surface area (Å²) in [6.07, 6.45) is 0.213. The van der Waals surface area contributed by atoms with Crippen LogP contribution in [0.15, 0.2) is 36.4 Å². The van der Waals surface area contributed by atoms with Crippen LogP contribution in [0.5, 0.6) is 17.2 Å². The highest BCUT2D eigenvalue weighted by atomic mass is 16.5. The molecule has 0 radical (unpaired) electrons. The molecule has 0 heterocycles. The highest BCUT2D eigenvalue weighted by Crippen LogP contribution is 2.26. The van der Waals surface area contributed by atoms with Crippen molar-refractivity contribution in [3.05, 3.63) is 53.1 Å². The zero-order valence-electron chi connectivity index (χ0n) is 13.1. The number of carbonyl (C=O) groups is 1. The third-order valence-electron chi connectivity index (χ3n) is 3.43. The van der Waals surface area contributed by atoms with Crippen molar-refractivity contribution in [1.29, 1.82) is 0 Å². The average Bonchev–Trinajstić information content (AvgIpc) is 2.50. The zero-order valence-corrected chi connectivity index (χ0v) is 13.1. The summed E-state index contributed by atoms with van der Waals surface area (Å²) in [5, 5.41) is 19.2. The number of benzene rings is 2. The van der Waals surface area contributed by atoms with E-state index < -0.39 is 0 Å². The van der Waals surface area contributed by atoms with Crippen molar-refractivity contribution in [2.75, 3.05) is 7.11 Å². The summed E-state index contributed by atoms with van der Waals surface area (Å²) in [6.45, 7) is 2.02. The van der Waals surface area contributed by atoms with E-state index in [0.717, 1.165) is 11.1 Å². The van der Waals surface area contributed by atoms with Gasteiger partial charge in [0.05, 0.1) is 13.5 Å². The van der Waals surface area contributed by atoms with Crippen LogP contribution >= 0.6 is 0 Å². The molecule has 2 aromatic carbocycles. The lowest BCUT2D eigenvalue weighted by Crippen LogP contribution is -2.37. The second-order valence-corrected chi connectivity index (χ2v) is 5.19. The van der Waals surface area contributed by atoms with Gasteiger partial charge in [0.25, 0.3) is 0 Å². The molecule has 0 aliphatic carbocycles. The SMILES string of the molecule is COc1cccc(CC(=O)NNCc2c(C)cc(O)cc2O)c1. The number of amides is 1. The number of phenols is 2. The summed E-state index contributed by atoms with van der Waals surface area (Å²) in [6, 6.07) is 10.1. The summed E-state index contributed by atoms with van der Waals surface area (Å²) in [4.78, 5) is 11.9. The Hall–Kier alpha value is -2.73. The van der Waals surface area contributed by atoms with Gasteiger partial charge in [-0.3, -0.25) is 10.2 Å². The monoisotopic (exact) mass is 316 g/mol. The number of hydrogen-bond donors (Lipinski definition) is 4. The van der Waals surface area contributed by atoms with E-state index in [9.17, 15) is 15.0 Å². The predicted octanol–water partition coefficient (Wildman–Crippen LogP) is 1.78. The number of hydrogen-bond acceptors (Lipinski definition) is 5. The van der Waals surface area contributed by atoms with Crippen molar-refractivity contribution in [2.45, 2.75) is 19.9 Å². The summed E-state index contributed by atoms with van der Waals surface area (Å²) >= 11 is 0. The number of nitrogens with one attached hydrogen (secondary N) is 2. The van der Waals surface area contributed by atoms with Gasteiger partial charge in [-0.25, -0.2) is 5.43 Å². The number of carbonyl (C=O) groups excluding carboxylic acids is 1. The summed E-state index contributed by atoms with van der Waals surface area (Å²) < 4.78 is 5.12. The molecule has 4 N–H and O–H groups in total. The van der Waals surface area contributed by atoms with Crippen molar-refractivity contribution in [3.8, 4) is 17.2 Å². The summed E-state index contributed by atoms with van der Waals surface area (Å²) in [7, 11) is 1.58. The topological polar surface area (TPSA) is 90.8 Å². The number of ether oxygens (including phenoxy) is 1. The summed E-state index contributed by atoms with van der Waals surface area (Å²) in [5.74, 6) is 0.491. The van der Waals surface area contributed by atoms with Gasteiger partial charge in [-0.2, -0.15) is 0 Å². The van der Waals surface area contributed by atoms with E-state index in [2.05, 4.69) is 10.9 Å². The van der Waals surface area contributed by atoms with E-state index in [-0.39, 0.29) is 30.4 Å². The third kappa shape index (κ3) is 4.62. The van der Waals surface area contributed by atoms with Crippen LogP contribution in [0.2, 0.25) is 0 Å². The Labute approximate surface area is 134 Å². The molecule has 1 amide bonds. The van der Waals surface area contributed by atoms with Crippen molar-refractivity contribution in [3.63, 3.8) is 0 Å². The molecule has 2 aromatic rings. The molecule has 0 aliphatic rings. The van der Waals surface area contributed by atoms with Crippen molar-refractivity contribution < 1.29 is 19.7 Å². The van der Waals surface area contributed by atoms with Crippen LogP contribution < -0.4 is 15.6 Å². The van der Waals surface area contributed by atoms with Crippen LogP contribution in [-0.2, 0) is 17.8 Å². The van der Waals surface area contributed by atoms with E-state index in [1.54, 1.807) is 26.2 Å². The molecule has 6 heteroatoms. The number of phenolic OH excluding ortho intramolecular Hbond substituents is 2. The number of aryl methyl sites for hydroxylation is 1. The van der Waals surface area contributed by atoms with Gasteiger partial charge >= 0.3 is 0 Å². The molecular formula is C17H20N2O4. The van der Waals surface area contributed by atoms with Crippen LogP contribution in [0.1, 0.15) is 16.7 Å². The third-order valence-corrected chi connectivity index (χ3v) is 3.43. The molecule has 2 rings (SSSR count). The molecule has 23 heavy (non-hydrogen) atoms. The van der Waals surface area contributed by atoms with E-state index in [4.69, 9.17) is 4.74 Å². The second kappa shape index (κ2) is 7.51. The number of aromatic hydroxyl groups is 2. The number of methoxy groups -OCH3 is 1. The molecule has 0 aliphatic heterocycles. The zero-order chi connectivity index (χ0) is 16.8. The minimum absolute atomic E-state index is 0.00538. The van der Waals surface area contributed by atoms with Crippen molar-refractivity contribution in [1.82, 2.24) is 10.9 Å². The standard InChI is InChI=1S/C17H20N2O4/c1-11-6-13(20)9-16(21)15(11)10-18-19-17(22)8-12-4-3-5-14(7-12)23-2/h3-7,9,18,20-21H,8,10H2,1-2H3,(H,19,22). The van der Waals surface area contributed by atoms with Crippen molar-refractivity contribution in [2.24, 2.45) is 0 Å². The number of rotatable bonds is 6. The number of hydrazine groups is 1. The molecule has 122 valence electrons. The minimum atomic E-state index is -0.200. The Kier molecular flexibility index (Phi) is 5.43. The Morgan fingerprint density at radius 2 is 2.00 bits per heavy atom. The van der Waals surface area contributed by atoms with Gasteiger partial charge in [0.1, 0.15) is 17.2 Å².